The van der Waals surface area contributed by atoms with Crippen LogP contribution in [0.15, 0.2) is 42.5 Å². The molecule has 1 saturated heterocycles. The molecule has 6 nitrogen and oxygen atoms in total. The van der Waals surface area contributed by atoms with Gasteiger partial charge in [-0.25, -0.2) is 9.18 Å². The molecular weight excluding hydrogens is 373 g/mol. The highest BCUT2D eigenvalue weighted by molar-refractivity contribution is 6.20. The molecule has 0 radical (unpaired) electrons. The van der Waals surface area contributed by atoms with E-state index >= 15 is 0 Å². The molecule has 0 atom stereocenters. The summed E-state index contributed by atoms with van der Waals surface area (Å²) in [5.74, 6) is -0.378. The average molecular weight is 395 g/mol. The van der Waals surface area contributed by atoms with Crippen LogP contribution in [0.25, 0.3) is 0 Å². The summed E-state index contributed by atoms with van der Waals surface area (Å²) in [5, 5.41) is 5.75. The van der Waals surface area contributed by atoms with Crippen LogP contribution in [-0.4, -0.2) is 23.9 Å². The van der Waals surface area contributed by atoms with Crippen LogP contribution in [0.5, 0.6) is 0 Å². The summed E-state index contributed by atoms with van der Waals surface area (Å²) in [6.45, 7) is 1.78. The van der Waals surface area contributed by atoms with E-state index in [9.17, 15) is 18.8 Å². The molecule has 150 valence electrons. The number of hydrogen-bond acceptors (Lipinski definition) is 3. The molecule has 1 heterocycles. The summed E-state index contributed by atoms with van der Waals surface area (Å²) < 4.78 is 13.0. The lowest BCUT2D eigenvalue weighted by Crippen LogP contribution is -2.45. The highest BCUT2D eigenvalue weighted by Gasteiger charge is 2.33. The summed E-state index contributed by atoms with van der Waals surface area (Å²) >= 11 is 0. The van der Waals surface area contributed by atoms with Gasteiger partial charge in [-0.05, 0) is 61.1 Å². The Kier molecular flexibility index (Phi) is 5.05. The maximum Gasteiger partial charge on any atom is 0.319 e. The number of imide groups is 1. The Bertz CT molecular complexity index is 952. The smallest absolute Gasteiger partial charge is 0.319 e. The van der Waals surface area contributed by atoms with E-state index in [1.54, 1.807) is 37.3 Å². The number of benzene rings is 2. The first-order valence-electron chi connectivity index (χ1n) is 9.71. The molecule has 2 aromatic carbocycles. The first-order valence-corrected chi connectivity index (χ1v) is 9.71. The Morgan fingerprint density at radius 1 is 1.03 bits per heavy atom. The molecule has 0 spiro atoms. The van der Waals surface area contributed by atoms with Gasteiger partial charge in [0.05, 0.1) is 5.69 Å². The van der Waals surface area contributed by atoms with Crippen molar-refractivity contribution in [3.05, 3.63) is 59.4 Å². The van der Waals surface area contributed by atoms with Gasteiger partial charge in [-0.15, -0.1) is 0 Å². The molecule has 2 aliphatic rings. The van der Waals surface area contributed by atoms with Crippen molar-refractivity contribution in [2.75, 3.05) is 10.2 Å². The van der Waals surface area contributed by atoms with Crippen molar-refractivity contribution in [3.63, 3.8) is 0 Å². The molecule has 2 aromatic rings. The van der Waals surface area contributed by atoms with Gasteiger partial charge >= 0.3 is 6.03 Å². The van der Waals surface area contributed by atoms with Crippen molar-refractivity contribution >= 4 is 29.2 Å². The number of carbonyl (C=O) groups is 3. The summed E-state index contributed by atoms with van der Waals surface area (Å²) in [6, 6.07) is 11.4. The summed E-state index contributed by atoms with van der Waals surface area (Å²) in [7, 11) is 0. The van der Waals surface area contributed by atoms with Crippen molar-refractivity contribution < 1.29 is 18.8 Å². The van der Waals surface area contributed by atoms with Gasteiger partial charge in [-0.1, -0.05) is 18.2 Å². The van der Waals surface area contributed by atoms with Crippen LogP contribution < -0.4 is 15.5 Å². The van der Waals surface area contributed by atoms with Gasteiger partial charge in [0, 0.05) is 24.6 Å². The van der Waals surface area contributed by atoms with Gasteiger partial charge < -0.3 is 10.6 Å². The molecule has 0 unspecified atom stereocenters. The molecule has 1 aliphatic carbocycles. The number of rotatable bonds is 4. The fourth-order valence-electron chi connectivity index (χ4n) is 3.93. The van der Waals surface area contributed by atoms with Crippen LogP contribution in [0, 0.1) is 12.7 Å². The van der Waals surface area contributed by atoms with Crippen molar-refractivity contribution in [3.8, 4) is 0 Å². The van der Waals surface area contributed by atoms with E-state index in [0.717, 1.165) is 18.4 Å². The summed E-state index contributed by atoms with van der Waals surface area (Å²) in [4.78, 5) is 37.6. The van der Waals surface area contributed by atoms with E-state index in [4.69, 9.17) is 0 Å². The largest absolute Gasteiger partial charge is 0.335 e. The van der Waals surface area contributed by atoms with E-state index < -0.39 is 0 Å². The molecule has 1 saturated carbocycles. The number of nitrogens with one attached hydrogen (secondary N) is 2. The first-order chi connectivity index (χ1) is 13.9. The van der Waals surface area contributed by atoms with Crippen LogP contribution >= 0.6 is 0 Å². The SMILES string of the molecule is Cc1c(NC(=O)NC2CC(c3ccc(F)cc3)C2)cccc1N1C(=O)CCC1=O. The van der Waals surface area contributed by atoms with Gasteiger partial charge in [0.25, 0.3) is 0 Å². The second kappa shape index (κ2) is 7.66. The lowest BCUT2D eigenvalue weighted by molar-refractivity contribution is -0.121. The number of carbonyl (C=O) groups excluding carboxylic acids is 3. The molecule has 2 fully saturated rings. The van der Waals surface area contributed by atoms with Crippen molar-refractivity contribution in [1.29, 1.82) is 0 Å². The summed E-state index contributed by atoms with van der Waals surface area (Å²) in [6.07, 6.45) is 2.03. The molecule has 0 bridgehead atoms. The molecule has 29 heavy (non-hydrogen) atoms. The standard InChI is InChI=1S/C22H22FN3O3/c1-13-18(3-2-4-19(13)26-20(27)9-10-21(26)28)25-22(29)24-17-11-15(12-17)14-5-7-16(23)8-6-14/h2-8,15,17H,9-12H2,1H3,(H2,24,25,29). The molecular formula is C22H22FN3O3. The lowest BCUT2D eigenvalue weighted by Gasteiger charge is -2.36. The zero-order chi connectivity index (χ0) is 20.5. The van der Waals surface area contributed by atoms with Gasteiger partial charge in [-0.3, -0.25) is 14.5 Å². The van der Waals surface area contributed by atoms with Crippen LogP contribution in [0.3, 0.4) is 0 Å². The number of nitrogens with zero attached hydrogens (tertiary/aromatic N) is 1. The minimum Gasteiger partial charge on any atom is -0.335 e. The van der Waals surface area contributed by atoms with Crippen LogP contribution in [0.1, 0.15) is 42.7 Å². The fourth-order valence-corrected chi connectivity index (χ4v) is 3.93. The van der Waals surface area contributed by atoms with E-state index in [0.29, 0.717) is 22.9 Å². The first kappa shape index (κ1) is 19.1. The lowest BCUT2D eigenvalue weighted by atomic mass is 9.76. The van der Waals surface area contributed by atoms with Gasteiger partial charge in [0.2, 0.25) is 11.8 Å². The number of amides is 4. The highest BCUT2D eigenvalue weighted by Crippen LogP contribution is 2.37. The second-order valence-corrected chi connectivity index (χ2v) is 7.59. The molecule has 4 rings (SSSR count). The van der Waals surface area contributed by atoms with Crippen LogP contribution in [0.2, 0.25) is 0 Å². The van der Waals surface area contributed by atoms with E-state index in [-0.39, 0.29) is 42.5 Å². The third-order valence-electron chi connectivity index (χ3n) is 5.66. The van der Waals surface area contributed by atoms with E-state index in [2.05, 4.69) is 10.6 Å². The molecule has 4 amide bonds. The Hall–Kier alpha value is -3.22. The number of halogens is 1. The predicted molar refractivity (Wildman–Crippen MR) is 107 cm³/mol. The van der Waals surface area contributed by atoms with E-state index in [1.807, 2.05) is 0 Å². The minimum atomic E-state index is -0.327. The quantitative estimate of drug-likeness (QED) is 0.772. The van der Waals surface area contributed by atoms with Crippen molar-refractivity contribution in [2.45, 2.75) is 44.6 Å². The van der Waals surface area contributed by atoms with E-state index in [1.165, 1.54) is 17.0 Å². The Labute approximate surface area is 168 Å². The highest BCUT2D eigenvalue weighted by atomic mass is 19.1. The maximum absolute atomic E-state index is 13.0. The van der Waals surface area contributed by atoms with Gasteiger partial charge in [0.15, 0.2) is 0 Å². The van der Waals surface area contributed by atoms with Crippen LogP contribution in [-0.2, 0) is 9.59 Å². The van der Waals surface area contributed by atoms with Crippen molar-refractivity contribution in [2.24, 2.45) is 0 Å². The number of urea groups is 1. The van der Waals surface area contributed by atoms with Crippen LogP contribution in [0.4, 0.5) is 20.6 Å². The molecule has 0 aromatic heterocycles. The Morgan fingerprint density at radius 3 is 2.34 bits per heavy atom. The average Bonchev–Trinajstić information content (AvgIpc) is 2.99. The Morgan fingerprint density at radius 2 is 1.69 bits per heavy atom. The normalized spacial score (nSPS) is 21.1. The number of anilines is 2. The Balaban J connectivity index is 1.36. The topological polar surface area (TPSA) is 78.5 Å². The van der Waals surface area contributed by atoms with Crippen molar-refractivity contribution in [1.82, 2.24) is 5.32 Å². The van der Waals surface area contributed by atoms with Gasteiger partial charge in [-0.2, -0.15) is 0 Å². The van der Waals surface area contributed by atoms with Gasteiger partial charge in [0.1, 0.15) is 5.82 Å². The molecule has 2 N–H and O–H groups in total. The second-order valence-electron chi connectivity index (χ2n) is 7.59. The minimum absolute atomic E-state index is 0.0512. The molecule has 7 heteroatoms. The third kappa shape index (κ3) is 3.85. The molecule has 1 aliphatic heterocycles. The monoisotopic (exact) mass is 395 g/mol. The zero-order valence-electron chi connectivity index (χ0n) is 16.1. The maximum atomic E-state index is 13.0. The predicted octanol–water partition coefficient (Wildman–Crippen LogP) is 3.86. The zero-order valence-corrected chi connectivity index (χ0v) is 16.1. The number of hydrogen-bond donors (Lipinski definition) is 2. The summed E-state index contributed by atoms with van der Waals surface area (Å²) in [5.41, 5.74) is 2.81. The fraction of sp³-hybridized carbons (Fsp3) is 0.318. The third-order valence-corrected chi connectivity index (χ3v) is 5.66.